The van der Waals surface area contributed by atoms with Crippen LogP contribution in [-0.2, 0) is 0 Å². The van der Waals surface area contributed by atoms with Gasteiger partial charge < -0.3 is 5.11 Å². The van der Waals surface area contributed by atoms with Crippen LogP contribution >= 0.6 is 11.6 Å². The molecule has 0 rings (SSSR count). The van der Waals surface area contributed by atoms with Gasteiger partial charge in [-0.1, -0.05) is 78.6 Å². The average Bonchev–Trinajstić information content (AvgIpc) is 2.41. The fraction of sp³-hybridized carbons (Fsp3) is 1.00. The molecular weight excluding hydrogens is 268 g/mol. The van der Waals surface area contributed by atoms with Gasteiger partial charge in [0, 0.05) is 0 Å². The quantitative estimate of drug-likeness (QED) is 0.294. The summed E-state index contributed by atoms with van der Waals surface area (Å²) < 4.78 is 0. The zero-order valence-corrected chi connectivity index (χ0v) is 14.9. The van der Waals surface area contributed by atoms with E-state index in [0.29, 0.717) is 5.41 Å². The third-order valence-electron chi connectivity index (χ3n) is 4.28. The first-order chi connectivity index (χ1) is 9.52. The van der Waals surface area contributed by atoms with Crippen LogP contribution in [0.15, 0.2) is 0 Å². The SMILES string of the molecule is CCCCCCCCC(C)(C)CCCCCC(Cl)CO. The third kappa shape index (κ3) is 13.2. The molecule has 1 N–H and O–H groups in total. The molecule has 0 aliphatic rings. The van der Waals surface area contributed by atoms with E-state index >= 15 is 0 Å². The zero-order valence-electron chi connectivity index (χ0n) is 14.1. The van der Waals surface area contributed by atoms with Gasteiger partial charge in [-0.3, -0.25) is 0 Å². The van der Waals surface area contributed by atoms with E-state index in [4.69, 9.17) is 16.7 Å². The lowest BCUT2D eigenvalue weighted by Gasteiger charge is -2.24. The smallest absolute Gasteiger partial charge is 0.0595 e. The molecule has 0 aliphatic heterocycles. The van der Waals surface area contributed by atoms with Crippen LogP contribution in [0.3, 0.4) is 0 Å². The second-order valence-electron chi connectivity index (χ2n) is 7.06. The van der Waals surface area contributed by atoms with Gasteiger partial charge in [0.15, 0.2) is 0 Å². The van der Waals surface area contributed by atoms with Crippen molar-refractivity contribution in [2.45, 2.75) is 103 Å². The molecule has 0 spiro atoms. The number of hydrogen-bond acceptors (Lipinski definition) is 1. The minimum Gasteiger partial charge on any atom is -0.395 e. The largest absolute Gasteiger partial charge is 0.395 e. The summed E-state index contributed by atoms with van der Waals surface area (Å²) in [5.74, 6) is 0. The van der Waals surface area contributed by atoms with Crippen molar-refractivity contribution >= 4 is 11.6 Å². The van der Waals surface area contributed by atoms with Crippen LogP contribution in [0, 0.1) is 5.41 Å². The minimum atomic E-state index is -0.0360. The first-order valence-electron chi connectivity index (χ1n) is 8.77. The van der Waals surface area contributed by atoms with E-state index in [9.17, 15) is 0 Å². The van der Waals surface area contributed by atoms with Crippen LogP contribution < -0.4 is 0 Å². The highest BCUT2D eigenvalue weighted by atomic mass is 35.5. The summed E-state index contributed by atoms with van der Waals surface area (Å²) in [6.07, 6.45) is 15.7. The van der Waals surface area contributed by atoms with Crippen molar-refractivity contribution in [3.63, 3.8) is 0 Å². The predicted octanol–water partition coefficient (Wildman–Crippen LogP) is 6.31. The van der Waals surface area contributed by atoms with Crippen LogP contribution in [0.2, 0.25) is 0 Å². The first-order valence-corrected chi connectivity index (χ1v) is 9.20. The Morgan fingerprint density at radius 2 is 1.35 bits per heavy atom. The van der Waals surface area contributed by atoms with Crippen LogP contribution in [0.1, 0.15) is 97.8 Å². The number of hydrogen-bond donors (Lipinski definition) is 1. The summed E-state index contributed by atoms with van der Waals surface area (Å²) in [4.78, 5) is 0. The zero-order chi connectivity index (χ0) is 15.3. The summed E-state index contributed by atoms with van der Waals surface area (Å²) in [6, 6.07) is 0. The molecule has 0 saturated carbocycles. The van der Waals surface area contributed by atoms with Gasteiger partial charge in [0.25, 0.3) is 0 Å². The lowest BCUT2D eigenvalue weighted by molar-refractivity contribution is 0.274. The van der Waals surface area contributed by atoms with Gasteiger partial charge in [-0.25, -0.2) is 0 Å². The number of aliphatic hydroxyl groups is 1. The van der Waals surface area contributed by atoms with Gasteiger partial charge in [-0.15, -0.1) is 11.6 Å². The van der Waals surface area contributed by atoms with Crippen molar-refractivity contribution in [3.8, 4) is 0 Å². The summed E-state index contributed by atoms with van der Waals surface area (Å²) >= 11 is 5.90. The molecular formula is C18H37ClO. The Morgan fingerprint density at radius 1 is 0.850 bits per heavy atom. The molecule has 0 amide bonds. The van der Waals surface area contributed by atoms with Gasteiger partial charge in [0.05, 0.1) is 12.0 Å². The Bertz CT molecular complexity index is 204. The molecule has 0 heterocycles. The van der Waals surface area contributed by atoms with Crippen LogP contribution in [0.4, 0.5) is 0 Å². The van der Waals surface area contributed by atoms with Crippen molar-refractivity contribution in [1.29, 1.82) is 0 Å². The van der Waals surface area contributed by atoms with E-state index in [1.165, 1.54) is 64.2 Å². The maximum atomic E-state index is 8.86. The van der Waals surface area contributed by atoms with Crippen molar-refractivity contribution in [3.05, 3.63) is 0 Å². The van der Waals surface area contributed by atoms with Gasteiger partial charge in [0.1, 0.15) is 0 Å². The Morgan fingerprint density at radius 3 is 1.90 bits per heavy atom. The summed E-state index contributed by atoms with van der Waals surface area (Å²) in [7, 11) is 0. The molecule has 0 fully saturated rings. The second kappa shape index (κ2) is 13.0. The van der Waals surface area contributed by atoms with E-state index in [0.717, 1.165) is 12.8 Å². The Hall–Kier alpha value is 0.250. The van der Waals surface area contributed by atoms with E-state index in [1.54, 1.807) is 0 Å². The van der Waals surface area contributed by atoms with Crippen LogP contribution in [-0.4, -0.2) is 17.1 Å². The van der Waals surface area contributed by atoms with E-state index in [-0.39, 0.29) is 12.0 Å². The Kier molecular flexibility index (Phi) is 13.1. The molecule has 20 heavy (non-hydrogen) atoms. The highest BCUT2D eigenvalue weighted by molar-refractivity contribution is 6.20. The van der Waals surface area contributed by atoms with Crippen molar-refractivity contribution in [1.82, 2.24) is 0 Å². The molecule has 0 bridgehead atoms. The molecule has 2 heteroatoms. The maximum absolute atomic E-state index is 8.86. The monoisotopic (exact) mass is 304 g/mol. The molecule has 1 unspecified atom stereocenters. The topological polar surface area (TPSA) is 20.2 Å². The first kappa shape index (κ1) is 20.2. The summed E-state index contributed by atoms with van der Waals surface area (Å²) in [5.41, 5.74) is 0.502. The highest BCUT2D eigenvalue weighted by Crippen LogP contribution is 2.30. The Labute approximate surface area is 132 Å². The molecule has 1 nitrogen and oxygen atoms in total. The normalized spacial score (nSPS) is 13.7. The molecule has 1 atom stereocenters. The summed E-state index contributed by atoms with van der Waals surface area (Å²) in [6.45, 7) is 7.22. The van der Waals surface area contributed by atoms with Crippen LogP contribution in [0.25, 0.3) is 0 Å². The molecule has 0 radical (unpaired) electrons. The standard InChI is InChI=1S/C18H37ClO/c1-4-5-6-7-8-11-14-18(2,3)15-12-9-10-13-17(19)16-20/h17,20H,4-16H2,1-3H3. The van der Waals surface area contributed by atoms with Gasteiger partial charge >= 0.3 is 0 Å². The second-order valence-corrected chi connectivity index (χ2v) is 7.68. The van der Waals surface area contributed by atoms with Crippen molar-refractivity contribution in [2.24, 2.45) is 5.41 Å². The molecule has 0 aromatic carbocycles. The minimum absolute atomic E-state index is 0.0360. The fourth-order valence-corrected chi connectivity index (χ4v) is 2.90. The maximum Gasteiger partial charge on any atom is 0.0595 e. The van der Waals surface area contributed by atoms with Crippen molar-refractivity contribution < 1.29 is 5.11 Å². The van der Waals surface area contributed by atoms with E-state index < -0.39 is 0 Å². The van der Waals surface area contributed by atoms with Crippen molar-refractivity contribution in [2.75, 3.05) is 6.61 Å². The lowest BCUT2D eigenvalue weighted by Crippen LogP contribution is -2.11. The van der Waals surface area contributed by atoms with E-state index in [1.807, 2.05) is 0 Å². The average molecular weight is 305 g/mol. The van der Waals surface area contributed by atoms with E-state index in [2.05, 4.69) is 20.8 Å². The molecule has 0 aromatic rings. The Balaban J connectivity index is 3.44. The molecule has 122 valence electrons. The summed E-state index contributed by atoms with van der Waals surface area (Å²) in [5, 5.41) is 8.83. The number of halogens is 1. The van der Waals surface area contributed by atoms with Gasteiger partial charge in [0.2, 0.25) is 0 Å². The predicted molar refractivity (Wildman–Crippen MR) is 91.6 cm³/mol. The highest BCUT2D eigenvalue weighted by Gasteiger charge is 2.16. The van der Waals surface area contributed by atoms with Crippen LogP contribution in [0.5, 0.6) is 0 Å². The number of aliphatic hydroxyl groups excluding tert-OH is 1. The molecule has 0 saturated heterocycles. The number of alkyl halides is 1. The van der Waals surface area contributed by atoms with Gasteiger partial charge in [-0.2, -0.15) is 0 Å². The third-order valence-corrected chi connectivity index (χ3v) is 4.63. The van der Waals surface area contributed by atoms with Gasteiger partial charge in [-0.05, 0) is 24.7 Å². The lowest BCUT2D eigenvalue weighted by atomic mass is 9.82. The number of rotatable bonds is 14. The fourth-order valence-electron chi connectivity index (χ4n) is 2.75. The molecule has 0 aliphatic carbocycles. The number of unbranched alkanes of at least 4 members (excludes halogenated alkanes) is 7. The molecule has 0 aromatic heterocycles.